The van der Waals surface area contributed by atoms with Gasteiger partial charge in [-0.25, -0.2) is 0 Å². The van der Waals surface area contributed by atoms with Gasteiger partial charge in [0.15, 0.2) is 0 Å². The zero-order valence-corrected chi connectivity index (χ0v) is 22.6. The van der Waals surface area contributed by atoms with Crippen LogP contribution in [0.1, 0.15) is 31.1 Å². The standard InChI is InChI=1S/C28H22F6INO2/c1-25(2,3)24(37)36-21-16-10-7-13-18(21)22(23(36)17-11-5-4-6-12-17)35-20-15-9-8-14-19(20)26(38-35,27(29,30)31)28(32,33)34/h4-16H,1-3H3. The molecular formula is C28H22F6INO2. The van der Waals surface area contributed by atoms with E-state index in [-0.39, 0.29) is 18.7 Å². The molecule has 1 aliphatic heterocycles. The van der Waals surface area contributed by atoms with Gasteiger partial charge in [-0.2, -0.15) is 0 Å². The number of carbonyl (C=O) groups excluding carboxylic acids is 1. The molecule has 0 fully saturated rings. The molecule has 0 amide bonds. The summed E-state index contributed by atoms with van der Waals surface area (Å²) in [5, 5.41) is 0.393. The summed E-state index contributed by atoms with van der Waals surface area (Å²) in [6, 6.07) is 19.8. The van der Waals surface area contributed by atoms with Crippen LogP contribution >= 0.6 is 20.2 Å². The van der Waals surface area contributed by atoms with Gasteiger partial charge in [0.25, 0.3) is 0 Å². The number of alkyl halides is 6. The van der Waals surface area contributed by atoms with Gasteiger partial charge in [-0.15, -0.1) is 0 Å². The third-order valence-corrected chi connectivity index (χ3v) is 11.5. The number of nitrogens with zero attached hydrogens (tertiary/aromatic N) is 1. The Morgan fingerprint density at radius 1 is 0.789 bits per heavy atom. The average molecular weight is 645 g/mol. The van der Waals surface area contributed by atoms with Crippen LogP contribution < -0.4 is 0 Å². The Bertz CT molecular complexity index is 1520. The number of fused-ring (bicyclic) bond motifs is 2. The Balaban J connectivity index is 1.92. The van der Waals surface area contributed by atoms with Crippen molar-refractivity contribution in [3.8, 4) is 11.3 Å². The Labute approximate surface area is 222 Å². The Hall–Kier alpha value is -2.86. The first-order valence-electron chi connectivity index (χ1n) is 11.6. The number of halogens is 7. The van der Waals surface area contributed by atoms with Crippen molar-refractivity contribution >= 4 is 37.0 Å². The minimum absolute atomic E-state index is 0.102. The zero-order chi connectivity index (χ0) is 27.7. The van der Waals surface area contributed by atoms with E-state index in [9.17, 15) is 31.1 Å². The van der Waals surface area contributed by atoms with Gasteiger partial charge in [-0.3, -0.25) is 0 Å². The van der Waals surface area contributed by atoms with Gasteiger partial charge in [0.05, 0.1) is 0 Å². The van der Waals surface area contributed by atoms with Crippen LogP contribution in [0.25, 0.3) is 22.2 Å². The number of aromatic nitrogens is 1. The topological polar surface area (TPSA) is 31.2 Å². The Morgan fingerprint density at radius 3 is 1.95 bits per heavy atom. The van der Waals surface area contributed by atoms with Crippen LogP contribution in [0.2, 0.25) is 0 Å². The van der Waals surface area contributed by atoms with Gasteiger partial charge in [0, 0.05) is 0 Å². The predicted molar refractivity (Wildman–Crippen MR) is 140 cm³/mol. The fourth-order valence-corrected chi connectivity index (χ4v) is 10.6. The van der Waals surface area contributed by atoms with E-state index in [0.29, 0.717) is 16.5 Å². The second kappa shape index (κ2) is 8.84. The van der Waals surface area contributed by atoms with Crippen LogP contribution in [0.15, 0.2) is 78.9 Å². The molecule has 5 rings (SSSR count). The summed E-state index contributed by atoms with van der Waals surface area (Å²) in [6.45, 7) is 5.12. The molecule has 0 saturated heterocycles. The van der Waals surface area contributed by atoms with Crippen LogP contribution in [-0.2, 0) is 8.67 Å². The fourth-order valence-electron chi connectivity index (χ4n) is 4.56. The molecule has 0 spiro atoms. The fraction of sp³-hybridized carbons (Fsp3) is 0.250. The average Bonchev–Trinajstić information content (AvgIpc) is 3.37. The number of hydrogen-bond donors (Lipinski definition) is 0. The molecule has 0 saturated carbocycles. The van der Waals surface area contributed by atoms with Crippen LogP contribution in [0.5, 0.6) is 0 Å². The Kier molecular flexibility index (Phi) is 6.22. The monoisotopic (exact) mass is 645 g/mol. The van der Waals surface area contributed by atoms with E-state index in [1.165, 1.54) is 16.7 Å². The third-order valence-electron chi connectivity index (χ3n) is 6.31. The van der Waals surface area contributed by atoms with Crippen molar-refractivity contribution in [2.24, 2.45) is 5.41 Å². The zero-order valence-electron chi connectivity index (χ0n) is 20.4. The molecule has 0 N–H and O–H groups in total. The second-order valence-corrected chi connectivity index (χ2v) is 14.0. The molecule has 0 unspecified atom stereocenters. The normalized spacial score (nSPS) is 16.6. The first-order valence-corrected chi connectivity index (χ1v) is 14.6. The van der Waals surface area contributed by atoms with E-state index in [1.807, 2.05) is 0 Å². The maximum atomic E-state index is 14.4. The SMILES string of the molecule is CC(C)(C)C(=O)n1c(-c2ccccc2)c(I2OC(C(F)(F)F)(C(F)(F)F)c3ccccc32)c2ccccc21. The summed E-state index contributed by atoms with van der Waals surface area (Å²) in [7, 11) is 0. The van der Waals surface area contributed by atoms with Crippen molar-refractivity contribution in [1.29, 1.82) is 0 Å². The van der Waals surface area contributed by atoms with Gasteiger partial charge in [-0.05, 0) is 0 Å². The molecule has 2 heterocycles. The molecule has 200 valence electrons. The molecule has 4 aromatic rings. The van der Waals surface area contributed by atoms with Crippen molar-refractivity contribution in [3.05, 3.63) is 91.6 Å². The van der Waals surface area contributed by atoms with Gasteiger partial charge in [0.1, 0.15) is 0 Å². The number of hydrogen-bond acceptors (Lipinski definition) is 2. The summed E-state index contributed by atoms with van der Waals surface area (Å²) in [4.78, 5) is 13.8. The van der Waals surface area contributed by atoms with E-state index < -0.39 is 49.2 Å². The molecule has 3 aromatic carbocycles. The van der Waals surface area contributed by atoms with Crippen LogP contribution in [0.3, 0.4) is 0 Å². The number of carbonyl (C=O) groups is 1. The first kappa shape index (κ1) is 26.7. The van der Waals surface area contributed by atoms with Crippen LogP contribution in [-0.4, -0.2) is 22.8 Å². The molecule has 0 aliphatic carbocycles. The Morgan fingerprint density at radius 2 is 1.34 bits per heavy atom. The van der Waals surface area contributed by atoms with E-state index in [1.54, 1.807) is 75.4 Å². The molecule has 1 aromatic heterocycles. The van der Waals surface area contributed by atoms with Crippen molar-refractivity contribution in [3.63, 3.8) is 0 Å². The molecule has 1 aliphatic rings. The minimum atomic E-state index is -5.76. The summed E-state index contributed by atoms with van der Waals surface area (Å²) < 4.78 is 93.5. The first-order chi connectivity index (χ1) is 17.7. The second-order valence-electron chi connectivity index (χ2n) is 9.92. The molecule has 0 atom stereocenters. The summed E-state index contributed by atoms with van der Waals surface area (Å²) >= 11 is -3.96. The quantitative estimate of drug-likeness (QED) is 0.161. The van der Waals surface area contributed by atoms with E-state index in [0.717, 1.165) is 12.1 Å². The van der Waals surface area contributed by atoms with Crippen molar-refractivity contribution in [2.45, 2.75) is 38.7 Å². The molecular weight excluding hydrogens is 623 g/mol. The molecule has 38 heavy (non-hydrogen) atoms. The number of benzene rings is 3. The van der Waals surface area contributed by atoms with E-state index in [2.05, 4.69) is 0 Å². The summed E-state index contributed by atoms with van der Waals surface area (Å²) in [6.07, 6.45) is -11.5. The number of rotatable bonds is 2. The number of para-hydroxylation sites is 1. The maximum absolute atomic E-state index is 14.4. The van der Waals surface area contributed by atoms with Crippen LogP contribution in [0.4, 0.5) is 26.3 Å². The molecule has 0 radical (unpaired) electrons. The van der Waals surface area contributed by atoms with E-state index in [4.69, 9.17) is 3.07 Å². The molecule has 0 bridgehead atoms. The van der Waals surface area contributed by atoms with Gasteiger partial charge in [-0.1, -0.05) is 0 Å². The van der Waals surface area contributed by atoms with Crippen LogP contribution in [0, 0.1) is 12.6 Å². The third kappa shape index (κ3) is 3.86. The van der Waals surface area contributed by atoms with Crippen molar-refractivity contribution in [1.82, 2.24) is 4.57 Å². The summed E-state index contributed by atoms with van der Waals surface area (Å²) in [5.41, 5.74) is -5.16. The molecule has 3 nitrogen and oxygen atoms in total. The van der Waals surface area contributed by atoms with E-state index >= 15 is 0 Å². The van der Waals surface area contributed by atoms with Gasteiger partial charge >= 0.3 is 223 Å². The predicted octanol–water partition coefficient (Wildman–Crippen LogP) is 8.81. The summed E-state index contributed by atoms with van der Waals surface area (Å²) in [5.74, 6) is -0.347. The van der Waals surface area contributed by atoms with Gasteiger partial charge in [0.2, 0.25) is 0 Å². The van der Waals surface area contributed by atoms with Crippen molar-refractivity contribution < 1.29 is 34.2 Å². The molecule has 10 heteroatoms. The van der Waals surface area contributed by atoms with Gasteiger partial charge < -0.3 is 0 Å². The van der Waals surface area contributed by atoms with Crippen molar-refractivity contribution in [2.75, 3.05) is 0 Å².